The highest BCUT2D eigenvalue weighted by Crippen LogP contribution is 2.41. The number of hydrogen-bond donors (Lipinski definition) is 2. The van der Waals surface area contributed by atoms with Crippen LogP contribution in [-0.4, -0.2) is 47.1 Å². The summed E-state index contributed by atoms with van der Waals surface area (Å²) in [5.74, 6) is 2.45. The van der Waals surface area contributed by atoms with Gasteiger partial charge in [-0.1, -0.05) is 13.8 Å². The average Bonchev–Trinajstić information content (AvgIpc) is 3.22. The lowest BCUT2D eigenvalue weighted by molar-refractivity contribution is 0.104. The second-order valence-electron chi connectivity index (χ2n) is 9.94. The van der Waals surface area contributed by atoms with Crippen LogP contribution in [0.2, 0.25) is 0 Å². The van der Waals surface area contributed by atoms with Crippen LogP contribution in [0, 0.1) is 11.8 Å². The Bertz CT molecular complexity index is 1350. The van der Waals surface area contributed by atoms with Gasteiger partial charge in [0.25, 0.3) is 0 Å². The van der Waals surface area contributed by atoms with Crippen molar-refractivity contribution in [2.24, 2.45) is 11.8 Å². The minimum Gasteiger partial charge on any atom is -0.508 e. The number of likely N-dealkylation sites (tertiary alicyclic amines) is 1. The van der Waals surface area contributed by atoms with Gasteiger partial charge in [-0.3, -0.25) is 9.69 Å². The second-order valence-corrected chi connectivity index (χ2v) is 11.0. The van der Waals surface area contributed by atoms with Gasteiger partial charge < -0.3 is 14.9 Å². The molecule has 0 saturated carbocycles. The molecule has 0 unspecified atom stereocenters. The van der Waals surface area contributed by atoms with E-state index in [0.29, 0.717) is 17.7 Å². The van der Waals surface area contributed by atoms with E-state index in [-0.39, 0.29) is 17.3 Å². The van der Waals surface area contributed by atoms with Gasteiger partial charge in [0.1, 0.15) is 23.9 Å². The first-order valence-corrected chi connectivity index (χ1v) is 13.2. The minimum absolute atomic E-state index is 0.0853. The lowest BCUT2D eigenvalue weighted by atomic mass is 9.92. The molecule has 0 radical (unpaired) electrons. The molecule has 2 heterocycles. The van der Waals surface area contributed by atoms with E-state index in [0.717, 1.165) is 57.7 Å². The van der Waals surface area contributed by atoms with Crippen molar-refractivity contribution in [1.29, 1.82) is 0 Å². The number of aromatic hydroxyl groups is 2. The topological polar surface area (TPSA) is 70.0 Å². The van der Waals surface area contributed by atoms with Crippen molar-refractivity contribution in [2.45, 2.75) is 20.3 Å². The first kappa shape index (κ1) is 24.3. The highest BCUT2D eigenvalue weighted by Gasteiger charge is 2.23. The summed E-state index contributed by atoms with van der Waals surface area (Å²) in [6, 6.07) is 19.2. The molecule has 2 atom stereocenters. The monoisotopic (exact) mass is 501 g/mol. The number of phenolic OH excluding ortho intramolecular Hbond substituents is 2. The molecular formula is C30H31NO4S. The summed E-state index contributed by atoms with van der Waals surface area (Å²) in [4.78, 5) is 17.0. The summed E-state index contributed by atoms with van der Waals surface area (Å²) in [5, 5.41) is 20.5. The van der Waals surface area contributed by atoms with Gasteiger partial charge in [0.2, 0.25) is 0 Å². The molecule has 1 saturated heterocycles. The number of ketones is 1. The molecule has 4 aromatic rings. The highest BCUT2D eigenvalue weighted by molar-refractivity contribution is 7.22. The third-order valence-electron chi connectivity index (χ3n) is 6.77. The van der Waals surface area contributed by atoms with Crippen molar-refractivity contribution in [3.8, 4) is 27.7 Å². The van der Waals surface area contributed by atoms with E-state index in [1.807, 2.05) is 24.3 Å². The first-order valence-electron chi connectivity index (χ1n) is 12.4. The van der Waals surface area contributed by atoms with Gasteiger partial charge in [-0.15, -0.1) is 11.3 Å². The number of phenols is 2. The summed E-state index contributed by atoms with van der Waals surface area (Å²) < 4.78 is 6.83. The normalized spacial score (nSPS) is 18.4. The van der Waals surface area contributed by atoms with Crippen LogP contribution in [0.4, 0.5) is 0 Å². The molecular weight excluding hydrogens is 470 g/mol. The van der Waals surface area contributed by atoms with E-state index in [1.165, 1.54) is 17.8 Å². The number of ether oxygens (including phenoxy) is 1. The first-order chi connectivity index (χ1) is 17.4. The molecule has 0 aliphatic carbocycles. The van der Waals surface area contributed by atoms with Crippen LogP contribution in [-0.2, 0) is 0 Å². The molecule has 36 heavy (non-hydrogen) atoms. The fourth-order valence-electron chi connectivity index (χ4n) is 5.24. The van der Waals surface area contributed by atoms with Gasteiger partial charge in [-0.25, -0.2) is 0 Å². The average molecular weight is 502 g/mol. The molecule has 1 aliphatic rings. The molecule has 0 bridgehead atoms. The molecule has 1 aliphatic heterocycles. The fraction of sp³-hybridized carbons (Fsp3) is 0.300. The molecule has 6 heteroatoms. The van der Waals surface area contributed by atoms with Crippen LogP contribution in [0.3, 0.4) is 0 Å². The zero-order valence-corrected chi connectivity index (χ0v) is 21.4. The molecule has 0 spiro atoms. The van der Waals surface area contributed by atoms with E-state index in [4.69, 9.17) is 4.74 Å². The van der Waals surface area contributed by atoms with Crippen LogP contribution < -0.4 is 4.74 Å². The number of hydrogen-bond acceptors (Lipinski definition) is 6. The van der Waals surface area contributed by atoms with Gasteiger partial charge in [0.05, 0.1) is 0 Å². The molecule has 3 aromatic carbocycles. The maximum Gasteiger partial charge on any atom is 0.195 e. The molecule has 5 nitrogen and oxygen atoms in total. The zero-order valence-electron chi connectivity index (χ0n) is 20.6. The maximum atomic E-state index is 13.7. The highest BCUT2D eigenvalue weighted by atomic mass is 32.1. The Morgan fingerprint density at radius 3 is 2.31 bits per heavy atom. The van der Waals surface area contributed by atoms with Crippen LogP contribution in [0.15, 0.2) is 66.7 Å². The number of fused-ring (bicyclic) bond motifs is 1. The van der Waals surface area contributed by atoms with Gasteiger partial charge >= 0.3 is 0 Å². The standard InChI is InChI=1S/C30H31NO4S/c1-19-15-20(2)18-31(17-19)13-14-35-25-10-5-21(6-11-25)29(34)28-26-12-9-24(33)16-27(26)36-30(28)22-3-7-23(32)8-4-22/h3-12,16,19-20,32-33H,13-15,17-18H2,1-2H3/t19-,20+. The maximum absolute atomic E-state index is 13.7. The summed E-state index contributed by atoms with van der Waals surface area (Å²) in [5.41, 5.74) is 2.02. The van der Waals surface area contributed by atoms with E-state index < -0.39 is 0 Å². The quantitative estimate of drug-likeness (QED) is 0.280. The molecule has 186 valence electrons. The Balaban J connectivity index is 1.35. The SMILES string of the molecule is C[C@@H]1C[C@H](C)CN(CCOc2ccc(C(=O)c3c(-c4ccc(O)cc4)sc4cc(O)ccc34)cc2)C1. The Hall–Kier alpha value is -3.35. The van der Waals surface area contributed by atoms with Crippen LogP contribution >= 0.6 is 11.3 Å². The molecule has 5 rings (SSSR count). The lowest BCUT2D eigenvalue weighted by Crippen LogP contribution is -2.40. The summed E-state index contributed by atoms with van der Waals surface area (Å²) in [7, 11) is 0. The summed E-state index contributed by atoms with van der Waals surface area (Å²) in [6.45, 7) is 8.39. The predicted octanol–water partition coefficient (Wildman–Crippen LogP) is 6.57. The molecule has 1 fully saturated rings. The molecule has 0 amide bonds. The largest absolute Gasteiger partial charge is 0.508 e. The van der Waals surface area contributed by atoms with Gasteiger partial charge in [0, 0.05) is 45.7 Å². The predicted molar refractivity (Wildman–Crippen MR) is 145 cm³/mol. The minimum atomic E-state index is -0.0853. The van der Waals surface area contributed by atoms with E-state index >= 15 is 0 Å². The third kappa shape index (κ3) is 5.25. The fourth-order valence-corrected chi connectivity index (χ4v) is 6.48. The van der Waals surface area contributed by atoms with Crippen molar-refractivity contribution < 1.29 is 19.7 Å². The third-order valence-corrected chi connectivity index (χ3v) is 7.97. The lowest BCUT2D eigenvalue weighted by Gasteiger charge is -2.34. The van der Waals surface area contributed by atoms with Crippen molar-refractivity contribution in [3.63, 3.8) is 0 Å². The van der Waals surface area contributed by atoms with Crippen LogP contribution in [0.5, 0.6) is 17.2 Å². The van der Waals surface area contributed by atoms with Crippen LogP contribution in [0.25, 0.3) is 20.5 Å². The van der Waals surface area contributed by atoms with E-state index in [2.05, 4.69) is 18.7 Å². The molecule has 1 aromatic heterocycles. The van der Waals surface area contributed by atoms with Gasteiger partial charge in [-0.2, -0.15) is 0 Å². The number of carbonyl (C=O) groups excluding carboxylic acids is 1. The van der Waals surface area contributed by atoms with Crippen molar-refractivity contribution in [1.82, 2.24) is 4.90 Å². The van der Waals surface area contributed by atoms with Gasteiger partial charge in [-0.05, 0) is 90.6 Å². The van der Waals surface area contributed by atoms with E-state index in [1.54, 1.807) is 42.5 Å². The molecule has 2 N–H and O–H groups in total. The number of carbonyl (C=O) groups is 1. The number of benzene rings is 3. The van der Waals surface area contributed by atoms with Crippen LogP contribution in [0.1, 0.15) is 36.2 Å². The number of piperidine rings is 1. The zero-order chi connectivity index (χ0) is 25.2. The van der Waals surface area contributed by atoms with Crippen molar-refractivity contribution >= 4 is 27.2 Å². The summed E-state index contributed by atoms with van der Waals surface area (Å²) in [6.07, 6.45) is 1.29. The Kier molecular flexibility index (Phi) is 6.99. The van der Waals surface area contributed by atoms with E-state index in [9.17, 15) is 15.0 Å². The van der Waals surface area contributed by atoms with Gasteiger partial charge in [0.15, 0.2) is 5.78 Å². The summed E-state index contributed by atoms with van der Waals surface area (Å²) >= 11 is 1.46. The van der Waals surface area contributed by atoms with Crippen molar-refractivity contribution in [2.75, 3.05) is 26.2 Å². The Labute approximate surface area is 215 Å². The Morgan fingerprint density at radius 1 is 0.944 bits per heavy atom. The Morgan fingerprint density at radius 2 is 1.61 bits per heavy atom. The second kappa shape index (κ2) is 10.3. The smallest absolute Gasteiger partial charge is 0.195 e. The van der Waals surface area contributed by atoms with Crippen molar-refractivity contribution in [3.05, 3.63) is 77.9 Å². The number of nitrogens with zero attached hydrogens (tertiary/aromatic N) is 1. The number of thiophene rings is 1. The number of rotatable bonds is 7.